The molecular weight excluding hydrogens is 420 g/mol. The summed E-state index contributed by atoms with van der Waals surface area (Å²) < 4.78 is 7.05. The summed E-state index contributed by atoms with van der Waals surface area (Å²) in [6.07, 6.45) is 1.81. The van der Waals surface area contributed by atoms with Crippen molar-refractivity contribution >= 4 is 23.3 Å². The third-order valence-electron chi connectivity index (χ3n) is 5.29. The highest BCUT2D eigenvalue weighted by Gasteiger charge is 2.14. The zero-order valence-electron chi connectivity index (χ0n) is 18.4. The molecule has 0 aliphatic heterocycles. The van der Waals surface area contributed by atoms with Crippen molar-refractivity contribution in [3.8, 4) is 16.9 Å². The summed E-state index contributed by atoms with van der Waals surface area (Å²) in [7, 11) is 1.65. The van der Waals surface area contributed by atoms with Crippen LogP contribution in [-0.4, -0.2) is 39.9 Å². The molecule has 2 heterocycles. The molecule has 32 heavy (non-hydrogen) atoms. The van der Waals surface area contributed by atoms with Gasteiger partial charge in [0.25, 0.3) is 0 Å². The van der Waals surface area contributed by atoms with Crippen molar-refractivity contribution in [3.63, 3.8) is 0 Å². The Morgan fingerprint density at radius 3 is 2.62 bits per heavy atom. The van der Waals surface area contributed by atoms with Gasteiger partial charge in [0.1, 0.15) is 10.8 Å². The number of ether oxygens (including phenoxy) is 1. The van der Waals surface area contributed by atoms with E-state index in [1.807, 2.05) is 61.7 Å². The smallest absolute Gasteiger partial charge is 0.230 e. The van der Waals surface area contributed by atoms with Crippen molar-refractivity contribution in [2.45, 2.75) is 24.8 Å². The molecule has 2 aromatic heterocycles. The molecule has 164 valence electrons. The first-order valence-corrected chi connectivity index (χ1v) is 11.5. The molecule has 1 N–H and O–H groups in total. The SMILES string of the molecule is COc1ccc(-c2cnn3c(SCC(=O)NCC(C)c4ccccc4)cc(C)nc23)cc1. The van der Waals surface area contributed by atoms with E-state index in [-0.39, 0.29) is 11.8 Å². The molecule has 0 bridgehead atoms. The summed E-state index contributed by atoms with van der Waals surface area (Å²) in [6, 6.07) is 20.0. The van der Waals surface area contributed by atoms with Crippen LogP contribution in [-0.2, 0) is 4.79 Å². The van der Waals surface area contributed by atoms with Gasteiger partial charge in [0, 0.05) is 17.8 Å². The fraction of sp³-hybridized carbons (Fsp3) is 0.240. The molecule has 0 saturated heterocycles. The summed E-state index contributed by atoms with van der Waals surface area (Å²) in [6.45, 7) is 4.68. The van der Waals surface area contributed by atoms with Crippen molar-refractivity contribution in [2.24, 2.45) is 0 Å². The summed E-state index contributed by atoms with van der Waals surface area (Å²) in [4.78, 5) is 17.2. The van der Waals surface area contributed by atoms with Gasteiger partial charge in [-0.15, -0.1) is 0 Å². The Hall–Kier alpha value is -3.32. The van der Waals surface area contributed by atoms with Crippen LogP contribution in [0.25, 0.3) is 16.8 Å². The largest absolute Gasteiger partial charge is 0.497 e. The number of amides is 1. The lowest BCUT2D eigenvalue weighted by Gasteiger charge is -2.13. The van der Waals surface area contributed by atoms with Gasteiger partial charge in [-0.3, -0.25) is 4.79 Å². The molecule has 4 aromatic rings. The van der Waals surface area contributed by atoms with Crippen LogP contribution in [0.4, 0.5) is 0 Å². The molecule has 2 aromatic carbocycles. The third-order valence-corrected chi connectivity index (χ3v) is 6.29. The number of aryl methyl sites for hydroxylation is 1. The van der Waals surface area contributed by atoms with Crippen molar-refractivity contribution in [1.82, 2.24) is 19.9 Å². The van der Waals surface area contributed by atoms with Crippen LogP contribution < -0.4 is 10.1 Å². The maximum Gasteiger partial charge on any atom is 0.230 e. The van der Waals surface area contributed by atoms with E-state index in [9.17, 15) is 4.79 Å². The van der Waals surface area contributed by atoms with Crippen LogP contribution in [0.3, 0.4) is 0 Å². The Morgan fingerprint density at radius 1 is 1.16 bits per heavy atom. The Morgan fingerprint density at radius 2 is 1.91 bits per heavy atom. The highest BCUT2D eigenvalue weighted by Crippen LogP contribution is 2.28. The fourth-order valence-electron chi connectivity index (χ4n) is 3.48. The van der Waals surface area contributed by atoms with E-state index in [4.69, 9.17) is 9.72 Å². The fourth-order valence-corrected chi connectivity index (χ4v) is 4.37. The quantitative estimate of drug-likeness (QED) is 0.313. The van der Waals surface area contributed by atoms with E-state index in [0.29, 0.717) is 12.3 Å². The van der Waals surface area contributed by atoms with Crippen LogP contribution >= 0.6 is 11.8 Å². The molecule has 0 radical (unpaired) electrons. The number of nitrogens with zero attached hydrogens (tertiary/aromatic N) is 3. The molecule has 0 spiro atoms. The molecule has 0 saturated carbocycles. The summed E-state index contributed by atoms with van der Waals surface area (Å²) in [5, 5.41) is 8.47. The van der Waals surface area contributed by atoms with Gasteiger partial charge >= 0.3 is 0 Å². The molecule has 0 aliphatic rings. The Labute approximate surface area is 192 Å². The maximum absolute atomic E-state index is 12.5. The minimum Gasteiger partial charge on any atom is -0.497 e. The van der Waals surface area contributed by atoms with Crippen molar-refractivity contribution in [2.75, 3.05) is 19.4 Å². The summed E-state index contributed by atoms with van der Waals surface area (Å²) in [5.41, 5.74) is 4.83. The topological polar surface area (TPSA) is 68.5 Å². The van der Waals surface area contributed by atoms with Crippen LogP contribution in [0.5, 0.6) is 5.75 Å². The predicted octanol–water partition coefficient (Wildman–Crippen LogP) is 4.73. The van der Waals surface area contributed by atoms with Gasteiger partial charge in [-0.25, -0.2) is 9.50 Å². The minimum absolute atomic E-state index is 0.00271. The predicted molar refractivity (Wildman–Crippen MR) is 128 cm³/mol. The number of fused-ring (bicyclic) bond motifs is 1. The van der Waals surface area contributed by atoms with Gasteiger partial charge in [0.15, 0.2) is 5.65 Å². The molecule has 1 amide bonds. The van der Waals surface area contributed by atoms with Gasteiger partial charge in [0.2, 0.25) is 5.91 Å². The number of methoxy groups -OCH3 is 1. The molecule has 4 rings (SSSR count). The van der Waals surface area contributed by atoms with Gasteiger partial charge in [-0.05, 0) is 42.2 Å². The van der Waals surface area contributed by atoms with E-state index >= 15 is 0 Å². The van der Waals surface area contributed by atoms with Gasteiger partial charge in [-0.2, -0.15) is 5.10 Å². The molecule has 0 aliphatic carbocycles. The Balaban J connectivity index is 1.45. The monoisotopic (exact) mass is 446 g/mol. The van der Waals surface area contributed by atoms with E-state index in [0.717, 1.165) is 33.2 Å². The van der Waals surface area contributed by atoms with E-state index in [1.54, 1.807) is 11.6 Å². The van der Waals surface area contributed by atoms with E-state index in [1.165, 1.54) is 17.3 Å². The molecule has 0 fully saturated rings. The second-order valence-electron chi connectivity index (χ2n) is 7.66. The second-order valence-corrected chi connectivity index (χ2v) is 8.66. The number of thioether (sulfide) groups is 1. The number of carbonyl (C=O) groups is 1. The van der Waals surface area contributed by atoms with Gasteiger partial charge in [0.05, 0.1) is 19.1 Å². The highest BCUT2D eigenvalue weighted by atomic mass is 32.2. The lowest BCUT2D eigenvalue weighted by Crippen LogP contribution is -2.29. The van der Waals surface area contributed by atoms with Crippen LogP contribution in [0.1, 0.15) is 24.1 Å². The zero-order valence-corrected chi connectivity index (χ0v) is 19.2. The number of benzene rings is 2. The zero-order chi connectivity index (χ0) is 22.5. The van der Waals surface area contributed by atoms with Crippen LogP contribution in [0.15, 0.2) is 71.9 Å². The number of aromatic nitrogens is 3. The second kappa shape index (κ2) is 9.87. The summed E-state index contributed by atoms with van der Waals surface area (Å²) >= 11 is 1.46. The standard InChI is InChI=1S/C25H26N4O2S/c1-17(19-7-5-4-6-8-19)14-26-23(30)16-32-24-13-18(2)28-25-22(15-27-29(24)25)20-9-11-21(31-3)12-10-20/h4-13,15,17H,14,16H2,1-3H3,(H,26,30). The Bertz CT molecular complexity index is 1210. The van der Waals surface area contributed by atoms with E-state index < -0.39 is 0 Å². The first-order valence-electron chi connectivity index (χ1n) is 10.5. The van der Waals surface area contributed by atoms with Gasteiger partial charge in [-0.1, -0.05) is 61.2 Å². The first kappa shape index (κ1) is 21.9. The van der Waals surface area contributed by atoms with Crippen molar-refractivity contribution in [1.29, 1.82) is 0 Å². The van der Waals surface area contributed by atoms with Crippen molar-refractivity contribution < 1.29 is 9.53 Å². The van der Waals surface area contributed by atoms with Crippen LogP contribution in [0.2, 0.25) is 0 Å². The number of carbonyl (C=O) groups excluding carboxylic acids is 1. The maximum atomic E-state index is 12.5. The molecule has 7 heteroatoms. The number of nitrogens with one attached hydrogen (secondary N) is 1. The lowest BCUT2D eigenvalue weighted by atomic mass is 10.0. The average Bonchev–Trinajstić information content (AvgIpc) is 3.25. The average molecular weight is 447 g/mol. The normalized spacial score (nSPS) is 12.0. The van der Waals surface area contributed by atoms with Crippen LogP contribution in [0, 0.1) is 6.92 Å². The molecular formula is C25H26N4O2S. The molecule has 1 atom stereocenters. The van der Waals surface area contributed by atoms with Crippen molar-refractivity contribution in [3.05, 3.63) is 78.1 Å². The first-order chi connectivity index (χ1) is 15.5. The van der Waals surface area contributed by atoms with E-state index in [2.05, 4.69) is 29.5 Å². The third kappa shape index (κ3) is 4.94. The lowest BCUT2D eigenvalue weighted by molar-refractivity contribution is -0.118. The number of rotatable bonds is 8. The highest BCUT2D eigenvalue weighted by molar-refractivity contribution is 7.99. The number of hydrogen-bond donors (Lipinski definition) is 1. The number of hydrogen-bond acceptors (Lipinski definition) is 5. The summed E-state index contributed by atoms with van der Waals surface area (Å²) in [5.74, 6) is 1.39. The molecule has 1 unspecified atom stereocenters. The Kier molecular flexibility index (Phi) is 6.75. The van der Waals surface area contributed by atoms with Gasteiger partial charge < -0.3 is 10.1 Å². The minimum atomic E-state index is 0.00271. The molecule has 6 nitrogen and oxygen atoms in total.